The van der Waals surface area contributed by atoms with Gasteiger partial charge in [-0.2, -0.15) is 13.2 Å². The molecule has 2 amide bonds. The maximum atomic E-state index is 13.1. The van der Waals surface area contributed by atoms with Crippen molar-refractivity contribution in [3.63, 3.8) is 0 Å². The fraction of sp³-hybridized carbons (Fsp3) is 0.529. The van der Waals surface area contributed by atoms with Gasteiger partial charge < -0.3 is 16.4 Å². The van der Waals surface area contributed by atoms with E-state index in [0.717, 1.165) is 37.8 Å². The molecule has 2 rings (SSSR count). The highest BCUT2D eigenvalue weighted by atomic mass is 35.5. The summed E-state index contributed by atoms with van der Waals surface area (Å²) in [7, 11) is 0. The number of anilines is 1. The van der Waals surface area contributed by atoms with Gasteiger partial charge in [0.15, 0.2) is 0 Å². The topological polar surface area (TPSA) is 84.2 Å². The van der Waals surface area contributed by atoms with Crippen LogP contribution >= 0.6 is 12.4 Å². The molecule has 1 aromatic carbocycles. The quantitative estimate of drug-likeness (QED) is 0.733. The molecule has 0 aliphatic heterocycles. The lowest BCUT2D eigenvalue weighted by Gasteiger charge is -2.31. The molecule has 4 N–H and O–H groups in total. The minimum absolute atomic E-state index is 0. The number of hydrogen-bond acceptors (Lipinski definition) is 3. The molecule has 0 radical (unpaired) electrons. The van der Waals surface area contributed by atoms with E-state index in [1.165, 1.54) is 13.0 Å². The van der Waals surface area contributed by atoms with Crippen molar-refractivity contribution in [2.45, 2.75) is 44.8 Å². The predicted molar refractivity (Wildman–Crippen MR) is 95.3 cm³/mol. The molecule has 0 heterocycles. The maximum absolute atomic E-state index is 13.1. The molecule has 9 heteroatoms. The lowest BCUT2D eigenvalue weighted by Crippen LogP contribution is -2.44. The van der Waals surface area contributed by atoms with Gasteiger partial charge in [0.25, 0.3) is 5.91 Å². The van der Waals surface area contributed by atoms with Gasteiger partial charge in [0.1, 0.15) is 0 Å². The number of carbonyl (C=O) groups excluding carboxylic acids is 2. The lowest BCUT2D eigenvalue weighted by molar-refractivity contribution is -0.137. The standard InChI is InChI=1S/C17H22F3N3O2.ClH/c1-10(24)22-14-7-12(6-13(8-14)17(18,19)20)16(25)23-15-5-3-2-4-11(15)9-21;/h6-8,11,15H,2-5,9,21H2,1H3,(H,22,24)(H,23,25);1H. The zero-order chi connectivity index (χ0) is 18.6. The lowest BCUT2D eigenvalue weighted by atomic mass is 9.84. The van der Waals surface area contributed by atoms with Gasteiger partial charge in [-0.15, -0.1) is 12.4 Å². The summed E-state index contributed by atoms with van der Waals surface area (Å²) < 4.78 is 39.2. The minimum Gasteiger partial charge on any atom is -0.349 e. The van der Waals surface area contributed by atoms with Crippen LogP contribution in [0.3, 0.4) is 0 Å². The first-order valence-corrected chi connectivity index (χ1v) is 8.21. The Balaban J connectivity index is 0.00000338. The smallest absolute Gasteiger partial charge is 0.349 e. The van der Waals surface area contributed by atoms with E-state index in [1.807, 2.05) is 0 Å². The molecule has 1 aromatic rings. The number of amides is 2. The van der Waals surface area contributed by atoms with E-state index >= 15 is 0 Å². The number of nitrogens with two attached hydrogens (primary N) is 1. The van der Waals surface area contributed by atoms with E-state index in [4.69, 9.17) is 5.73 Å². The number of halogens is 4. The van der Waals surface area contributed by atoms with Gasteiger partial charge in [0.2, 0.25) is 5.91 Å². The van der Waals surface area contributed by atoms with Gasteiger partial charge in [-0.1, -0.05) is 12.8 Å². The Kier molecular flexibility index (Phi) is 7.89. The molecular formula is C17H23ClF3N3O2. The van der Waals surface area contributed by atoms with Crippen molar-refractivity contribution in [1.82, 2.24) is 5.32 Å². The first kappa shape index (κ1) is 22.2. The Labute approximate surface area is 156 Å². The highest BCUT2D eigenvalue weighted by molar-refractivity contribution is 5.97. The third kappa shape index (κ3) is 5.88. The monoisotopic (exact) mass is 393 g/mol. The molecule has 1 aliphatic rings. The SMILES string of the molecule is CC(=O)Nc1cc(C(=O)NC2CCCCC2CN)cc(C(F)(F)F)c1.Cl. The summed E-state index contributed by atoms with van der Waals surface area (Å²) in [6.07, 6.45) is -0.994. The average molecular weight is 394 g/mol. The molecule has 1 fully saturated rings. The summed E-state index contributed by atoms with van der Waals surface area (Å²) >= 11 is 0. The highest BCUT2D eigenvalue weighted by Gasteiger charge is 2.32. The third-order valence-electron chi connectivity index (χ3n) is 4.37. The van der Waals surface area contributed by atoms with Crippen LogP contribution in [0, 0.1) is 5.92 Å². The van der Waals surface area contributed by atoms with E-state index < -0.39 is 23.6 Å². The van der Waals surface area contributed by atoms with Crippen LogP contribution in [0.1, 0.15) is 48.5 Å². The Hall–Kier alpha value is -1.80. The summed E-state index contributed by atoms with van der Waals surface area (Å²) in [6.45, 7) is 1.61. The molecule has 26 heavy (non-hydrogen) atoms. The molecule has 2 atom stereocenters. The van der Waals surface area contributed by atoms with Crippen LogP contribution < -0.4 is 16.4 Å². The number of alkyl halides is 3. The zero-order valence-electron chi connectivity index (χ0n) is 14.4. The molecule has 1 aliphatic carbocycles. The molecule has 146 valence electrons. The Morgan fingerprint density at radius 1 is 1.19 bits per heavy atom. The average Bonchev–Trinajstić information content (AvgIpc) is 2.53. The van der Waals surface area contributed by atoms with Crippen LogP contribution in [0.15, 0.2) is 18.2 Å². The second-order valence-electron chi connectivity index (χ2n) is 6.34. The molecule has 1 saturated carbocycles. The van der Waals surface area contributed by atoms with Crippen LogP contribution in [0.2, 0.25) is 0 Å². The molecule has 0 saturated heterocycles. The van der Waals surface area contributed by atoms with E-state index in [0.29, 0.717) is 6.54 Å². The van der Waals surface area contributed by atoms with Gasteiger partial charge in [-0.25, -0.2) is 0 Å². The van der Waals surface area contributed by atoms with Gasteiger partial charge >= 0.3 is 6.18 Å². The molecule has 0 spiro atoms. The van der Waals surface area contributed by atoms with Crippen molar-refractivity contribution < 1.29 is 22.8 Å². The van der Waals surface area contributed by atoms with Crippen molar-refractivity contribution in [2.75, 3.05) is 11.9 Å². The summed E-state index contributed by atoms with van der Waals surface area (Å²) in [6, 6.07) is 2.69. The molecule has 0 bridgehead atoms. The summed E-state index contributed by atoms with van der Waals surface area (Å²) in [5, 5.41) is 5.09. The number of nitrogens with one attached hydrogen (secondary N) is 2. The van der Waals surface area contributed by atoms with Crippen molar-refractivity contribution >= 4 is 29.9 Å². The number of rotatable bonds is 4. The predicted octanol–water partition coefficient (Wildman–Crippen LogP) is 3.33. The van der Waals surface area contributed by atoms with Gasteiger partial charge in [-0.05, 0) is 43.5 Å². The zero-order valence-corrected chi connectivity index (χ0v) is 15.2. The van der Waals surface area contributed by atoms with E-state index in [9.17, 15) is 22.8 Å². The Bertz CT molecular complexity index is 653. The van der Waals surface area contributed by atoms with Crippen molar-refractivity contribution in [2.24, 2.45) is 11.7 Å². The summed E-state index contributed by atoms with van der Waals surface area (Å²) in [5.74, 6) is -0.984. The normalized spacial score (nSPS) is 20.0. The number of carbonyl (C=O) groups is 2. The summed E-state index contributed by atoms with van der Waals surface area (Å²) in [4.78, 5) is 23.6. The van der Waals surface area contributed by atoms with E-state index in [1.54, 1.807) is 0 Å². The second kappa shape index (κ2) is 9.23. The van der Waals surface area contributed by atoms with Crippen LogP contribution in [0.4, 0.5) is 18.9 Å². The third-order valence-corrected chi connectivity index (χ3v) is 4.37. The van der Waals surface area contributed by atoms with Gasteiger partial charge in [0.05, 0.1) is 5.56 Å². The molecular weight excluding hydrogens is 371 g/mol. The Morgan fingerprint density at radius 3 is 2.42 bits per heavy atom. The van der Waals surface area contributed by atoms with Crippen LogP contribution in [-0.4, -0.2) is 24.4 Å². The summed E-state index contributed by atoms with van der Waals surface area (Å²) in [5.41, 5.74) is 4.53. The number of hydrogen-bond donors (Lipinski definition) is 3. The fourth-order valence-electron chi connectivity index (χ4n) is 3.13. The first-order chi connectivity index (χ1) is 11.7. The molecule has 0 aromatic heterocycles. The van der Waals surface area contributed by atoms with Crippen molar-refractivity contribution in [3.05, 3.63) is 29.3 Å². The molecule has 2 unspecified atom stereocenters. The minimum atomic E-state index is -4.62. The van der Waals surface area contributed by atoms with E-state index in [2.05, 4.69) is 10.6 Å². The fourth-order valence-corrected chi connectivity index (χ4v) is 3.13. The van der Waals surface area contributed by atoms with Gasteiger partial charge in [-0.3, -0.25) is 9.59 Å². The largest absolute Gasteiger partial charge is 0.416 e. The van der Waals surface area contributed by atoms with Crippen LogP contribution in [0.5, 0.6) is 0 Å². The van der Waals surface area contributed by atoms with E-state index in [-0.39, 0.29) is 35.6 Å². The van der Waals surface area contributed by atoms with Crippen molar-refractivity contribution in [1.29, 1.82) is 0 Å². The van der Waals surface area contributed by atoms with Gasteiger partial charge in [0, 0.05) is 24.2 Å². The first-order valence-electron chi connectivity index (χ1n) is 8.21. The van der Waals surface area contributed by atoms with Crippen LogP contribution in [-0.2, 0) is 11.0 Å². The second-order valence-corrected chi connectivity index (χ2v) is 6.34. The van der Waals surface area contributed by atoms with Crippen LogP contribution in [0.25, 0.3) is 0 Å². The van der Waals surface area contributed by atoms with Crippen molar-refractivity contribution in [3.8, 4) is 0 Å². The number of benzene rings is 1. The highest BCUT2D eigenvalue weighted by Crippen LogP contribution is 2.32. The molecule has 5 nitrogen and oxygen atoms in total. The maximum Gasteiger partial charge on any atom is 0.416 e. The Morgan fingerprint density at radius 2 is 1.85 bits per heavy atom.